The molecule has 118 valence electrons. The molecule has 1 aromatic rings. The van der Waals surface area contributed by atoms with Crippen LogP contribution in [0.4, 0.5) is 4.79 Å². The Kier molecular flexibility index (Phi) is 4.54. The van der Waals surface area contributed by atoms with E-state index in [1.807, 2.05) is 45.0 Å². The molecule has 0 aromatic heterocycles. The molecule has 2 rings (SSSR count). The summed E-state index contributed by atoms with van der Waals surface area (Å²) in [4.78, 5) is 25.3. The first-order valence-corrected chi connectivity index (χ1v) is 7.15. The highest BCUT2D eigenvalue weighted by Crippen LogP contribution is 2.29. The van der Waals surface area contributed by atoms with Gasteiger partial charge in [0.2, 0.25) is 0 Å². The fourth-order valence-corrected chi connectivity index (χ4v) is 2.27. The molecule has 1 heterocycles. The van der Waals surface area contributed by atoms with Gasteiger partial charge in [0.05, 0.1) is 13.2 Å². The van der Waals surface area contributed by atoms with E-state index >= 15 is 0 Å². The van der Waals surface area contributed by atoms with E-state index in [2.05, 4.69) is 0 Å². The van der Waals surface area contributed by atoms with Gasteiger partial charge < -0.3 is 9.47 Å². The van der Waals surface area contributed by atoms with E-state index in [1.54, 1.807) is 13.2 Å². The third-order valence-electron chi connectivity index (χ3n) is 3.64. The summed E-state index contributed by atoms with van der Waals surface area (Å²) in [6, 6.07) is 7.05. The topological polar surface area (TPSA) is 55.8 Å². The van der Waals surface area contributed by atoms with Crippen molar-refractivity contribution in [2.75, 3.05) is 13.7 Å². The summed E-state index contributed by atoms with van der Waals surface area (Å²) >= 11 is 0. The number of imide groups is 1. The van der Waals surface area contributed by atoms with E-state index < -0.39 is 6.09 Å². The zero-order chi connectivity index (χ0) is 16.3. The Labute approximate surface area is 130 Å². The lowest BCUT2D eigenvalue weighted by Gasteiger charge is -2.30. The summed E-state index contributed by atoms with van der Waals surface area (Å²) < 4.78 is 10.1. The molecule has 1 aliphatic heterocycles. The van der Waals surface area contributed by atoms with Crippen molar-refractivity contribution in [2.45, 2.75) is 26.8 Å². The second-order valence-corrected chi connectivity index (χ2v) is 6.27. The average Bonchev–Trinajstić information content (AvgIpc) is 2.87. The van der Waals surface area contributed by atoms with Crippen LogP contribution in [0.2, 0.25) is 0 Å². The normalized spacial score (nSPS) is 18.6. The van der Waals surface area contributed by atoms with Crippen molar-refractivity contribution in [3.63, 3.8) is 0 Å². The minimum Gasteiger partial charge on any atom is -0.497 e. The Hall–Kier alpha value is -2.30. The lowest BCUT2D eigenvalue weighted by atomic mass is 9.86. The van der Waals surface area contributed by atoms with E-state index in [1.165, 1.54) is 11.0 Å². The molecule has 1 aromatic carbocycles. The summed E-state index contributed by atoms with van der Waals surface area (Å²) in [5.41, 5.74) is 0.629. The summed E-state index contributed by atoms with van der Waals surface area (Å²) in [7, 11) is 1.60. The predicted molar refractivity (Wildman–Crippen MR) is 83.5 cm³/mol. The van der Waals surface area contributed by atoms with Gasteiger partial charge in [0.25, 0.3) is 5.91 Å². The van der Waals surface area contributed by atoms with Gasteiger partial charge in [-0.05, 0) is 29.2 Å². The fourth-order valence-electron chi connectivity index (χ4n) is 2.27. The zero-order valence-electron chi connectivity index (χ0n) is 13.3. The molecule has 1 fully saturated rings. The van der Waals surface area contributed by atoms with E-state index in [-0.39, 0.29) is 24.0 Å². The largest absolute Gasteiger partial charge is 0.497 e. The Balaban J connectivity index is 2.12. The molecule has 1 aliphatic rings. The molecule has 5 nitrogen and oxygen atoms in total. The standard InChI is InChI=1S/C17H21NO4/c1-17(2,3)14-11-22-16(20)18(14)15(19)10-7-12-5-8-13(21-4)9-6-12/h5-10,14H,11H2,1-4H3/b10-7+/t14-/m1/s1. The molecule has 1 saturated heterocycles. The molecule has 0 radical (unpaired) electrons. The molecule has 5 heteroatoms. The van der Waals surface area contributed by atoms with Crippen LogP contribution in [0, 0.1) is 5.41 Å². The van der Waals surface area contributed by atoms with Crippen molar-refractivity contribution in [2.24, 2.45) is 5.41 Å². The van der Waals surface area contributed by atoms with Gasteiger partial charge in [0, 0.05) is 6.08 Å². The maximum absolute atomic E-state index is 12.3. The maximum atomic E-state index is 12.3. The second-order valence-electron chi connectivity index (χ2n) is 6.27. The Morgan fingerprint density at radius 3 is 2.50 bits per heavy atom. The number of benzene rings is 1. The van der Waals surface area contributed by atoms with E-state index in [4.69, 9.17) is 9.47 Å². The second kappa shape index (κ2) is 6.22. The molecule has 0 saturated carbocycles. The van der Waals surface area contributed by atoms with Gasteiger partial charge in [-0.25, -0.2) is 9.69 Å². The van der Waals surface area contributed by atoms with E-state index in [0.29, 0.717) is 0 Å². The molecule has 0 bridgehead atoms. The minimum atomic E-state index is -0.579. The van der Waals surface area contributed by atoms with Gasteiger partial charge in [0.1, 0.15) is 12.4 Å². The first kappa shape index (κ1) is 16.1. The van der Waals surface area contributed by atoms with Crippen molar-refractivity contribution >= 4 is 18.1 Å². The zero-order valence-corrected chi connectivity index (χ0v) is 13.3. The summed E-state index contributed by atoms with van der Waals surface area (Å²) in [5, 5.41) is 0. The van der Waals surface area contributed by atoms with Gasteiger partial charge in [0.15, 0.2) is 0 Å². The highest BCUT2D eigenvalue weighted by molar-refractivity contribution is 6.02. The molecular formula is C17H21NO4. The van der Waals surface area contributed by atoms with Crippen LogP contribution < -0.4 is 4.74 Å². The molecule has 2 amide bonds. The third-order valence-corrected chi connectivity index (χ3v) is 3.64. The lowest BCUT2D eigenvalue weighted by Crippen LogP contribution is -2.45. The van der Waals surface area contributed by atoms with Gasteiger partial charge in [-0.2, -0.15) is 0 Å². The van der Waals surface area contributed by atoms with E-state index in [9.17, 15) is 9.59 Å². The third kappa shape index (κ3) is 3.47. The number of ether oxygens (including phenoxy) is 2. The maximum Gasteiger partial charge on any atom is 0.417 e. The highest BCUT2D eigenvalue weighted by atomic mass is 16.6. The van der Waals surface area contributed by atoms with Crippen LogP contribution in [-0.4, -0.2) is 36.7 Å². The molecule has 0 aliphatic carbocycles. The number of cyclic esters (lactones) is 1. The fraction of sp³-hybridized carbons (Fsp3) is 0.412. The monoisotopic (exact) mass is 303 g/mol. The molecular weight excluding hydrogens is 282 g/mol. The molecule has 22 heavy (non-hydrogen) atoms. The van der Waals surface area contributed by atoms with Crippen molar-refractivity contribution < 1.29 is 19.1 Å². The van der Waals surface area contributed by atoms with Crippen molar-refractivity contribution in [3.05, 3.63) is 35.9 Å². The Bertz CT molecular complexity index is 584. The number of carbonyl (C=O) groups is 2. The Morgan fingerprint density at radius 2 is 1.95 bits per heavy atom. The smallest absolute Gasteiger partial charge is 0.417 e. The highest BCUT2D eigenvalue weighted by Gasteiger charge is 2.43. The summed E-state index contributed by atoms with van der Waals surface area (Å²) in [5.74, 6) is 0.387. The SMILES string of the molecule is COc1ccc(/C=C/C(=O)N2C(=O)OC[C@@H]2C(C)(C)C)cc1. The molecule has 1 atom stereocenters. The van der Waals surface area contributed by atoms with Crippen LogP contribution >= 0.6 is 0 Å². The van der Waals surface area contributed by atoms with Crippen molar-refractivity contribution in [1.82, 2.24) is 4.90 Å². The van der Waals surface area contributed by atoms with Crippen LogP contribution in [0.25, 0.3) is 6.08 Å². The number of hydrogen-bond donors (Lipinski definition) is 0. The minimum absolute atomic E-state index is 0.226. The van der Waals surface area contributed by atoms with Gasteiger partial charge in [-0.15, -0.1) is 0 Å². The number of nitrogens with zero attached hydrogens (tertiary/aromatic N) is 1. The molecule has 0 unspecified atom stereocenters. The van der Waals surface area contributed by atoms with Gasteiger partial charge in [-0.3, -0.25) is 4.79 Å². The number of hydrogen-bond acceptors (Lipinski definition) is 4. The van der Waals surface area contributed by atoms with Gasteiger partial charge in [-0.1, -0.05) is 32.9 Å². The lowest BCUT2D eigenvalue weighted by molar-refractivity contribution is -0.125. The molecule has 0 spiro atoms. The number of methoxy groups -OCH3 is 1. The predicted octanol–water partition coefficient (Wildman–Crippen LogP) is 3.10. The number of amides is 2. The van der Waals surface area contributed by atoms with Crippen molar-refractivity contribution in [3.8, 4) is 5.75 Å². The van der Waals surface area contributed by atoms with Gasteiger partial charge >= 0.3 is 6.09 Å². The number of rotatable bonds is 3. The average molecular weight is 303 g/mol. The number of carbonyl (C=O) groups excluding carboxylic acids is 2. The quantitative estimate of drug-likeness (QED) is 0.805. The molecule has 0 N–H and O–H groups in total. The van der Waals surface area contributed by atoms with Crippen LogP contribution in [0.3, 0.4) is 0 Å². The Morgan fingerprint density at radius 1 is 1.32 bits per heavy atom. The summed E-state index contributed by atoms with van der Waals surface area (Å²) in [6.45, 7) is 6.18. The first-order chi connectivity index (χ1) is 10.3. The van der Waals surface area contributed by atoms with Crippen LogP contribution in [0.15, 0.2) is 30.3 Å². The van der Waals surface area contributed by atoms with Crippen LogP contribution in [0.5, 0.6) is 5.75 Å². The van der Waals surface area contributed by atoms with Crippen molar-refractivity contribution in [1.29, 1.82) is 0 Å². The first-order valence-electron chi connectivity index (χ1n) is 7.15. The van der Waals surface area contributed by atoms with Crippen LogP contribution in [-0.2, 0) is 9.53 Å². The van der Waals surface area contributed by atoms with E-state index in [0.717, 1.165) is 11.3 Å². The summed E-state index contributed by atoms with van der Waals surface area (Å²) in [6.07, 6.45) is 2.49. The van der Waals surface area contributed by atoms with Crippen LogP contribution in [0.1, 0.15) is 26.3 Å².